The van der Waals surface area contributed by atoms with E-state index < -0.39 is 0 Å². The largest absolute Gasteiger partial charge is 0.395 e. The van der Waals surface area contributed by atoms with E-state index in [2.05, 4.69) is 15.3 Å². The summed E-state index contributed by atoms with van der Waals surface area (Å²) >= 11 is 0. The van der Waals surface area contributed by atoms with Gasteiger partial charge in [-0.2, -0.15) is 0 Å². The van der Waals surface area contributed by atoms with Crippen LogP contribution in [-0.2, 0) is 0 Å². The molecule has 0 spiro atoms. The van der Waals surface area contributed by atoms with Crippen molar-refractivity contribution in [1.82, 2.24) is 20.2 Å². The van der Waals surface area contributed by atoms with Gasteiger partial charge in [0.1, 0.15) is 0 Å². The van der Waals surface area contributed by atoms with E-state index in [-0.39, 0.29) is 43.9 Å². The summed E-state index contributed by atoms with van der Waals surface area (Å²) in [6.45, 7) is 0.610. The van der Waals surface area contributed by atoms with Crippen molar-refractivity contribution in [3.05, 3.63) is 60.2 Å². The number of pyridine rings is 2. The molecule has 0 saturated heterocycles. The van der Waals surface area contributed by atoms with Crippen molar-refractivity contribution in [2.75, 3.05) is 26.2 Å². The highest BCUT2D eigenvalue weighted by molar-refractivity contribution is 5.94. The van der Waals surface area contributed by atoms with Crippen LogP contribution in [0.4, 0.5) is 0 Å². The second kappa shape index (κ2) is 10.3. The number of carbonyl (C=O) groups is 2. The zero-order valence-electron chi connectivity index (χ0n) is 13.0. The van der Waals surface area contributed by atoms with Crippen LogP contribution in [0, 0.1) is 0 Å². The van der Waals surface area contributed by atoms with Gasteiger partial charge in [0.2, 0.25) is 0 Å². The molecule has 0 aliphatic heterocycles. The highest BCUT2D eigenvalue weighted by Crippen LogP contribution is 2.03. The van der Waals surface area contributed by atoms with Crippen molar-refractivity contribution >= 4 is 24.2 Å². The van der Waals surface area contributed by atoms with Crippen molar-refractivity contribution in [3.8, 4) is 0 Å². The third kappa shape index (κ3) is 5.60. The van der Waals surface area contributed by atoms with Crippen molar-refractivity contribution in [2.45, 2.75) is 0 Å². The first kappa shape index (κ1) is 19.5. The van der Waals surface area contributed by atoms with Gasteiger partial charge in [0.15, 0.2) is 0 Å². The van der Waals surface area contributed by atoms with Gasteiger partial charge in [-0.3, -0.25) is 19.6 Å². The normalized spacial score (nSPS) is 9.71. The Morgan fingerprint density at radius 2 is 1.67 bits per heavy atom. The van der Waals surface area contributed by atoms with Crippen LogP contribution >= 0.6 is 12.4 Å². The van der Waals surface area contributed by atoms with Gasteiger partial charge < -0.3 is 15.3 Å². The quantitative estimate of drug-likeness (QED) is 0.768. The number of halogens is 1. The molecule has 0 atom stereocenters. The summed E-state index contributed by atoms with van der Waals surface area (Å²) in [5, 5.41) is 11.8. The predicted molar refractivity (Wildman–Crippen MR) is 91.0 cm³/mol. The number of aromatic nitrogens is 2. The number of aliphatic hydroxyl groups excluding tert-OH is 1. The van der Waals surface area contributed by atoms with Crippen molar-refractivity contribution in [2.24, 2.45) is 0 Å². The first-order valence-electron chi connectivity index (χ1n) is 7.20. The summed E-state index contributed by atoms with van der Waals surface area (Å²) in [6, 6.07) is 6.68. The van der Waals surface area contributed by atoms with E-state index in [1.807, 2.05) is 0 Å². The van der Waals surface area contributed by atoms with Crippen LogP contribution < -0.4 is 5.32 Å². The van der Waals surface area contributed by atoms with Crippen LogP contribution in [0.1, 0.15) is 20.7 Å². The maximum absolute atomic E-state index is 12.3. The smallest absolute Gasteiger partial charge is 0.255 e. The zero-order chi connectivity index (χ0) is 16.5. The van der Waals surface area contributed by atoms with Gasteiger partial charge in [-0.25, -0.2) is 0 Å². The van der Waals surface area contributed by atoms with Crippen LogP contribution in [0.3, 0.4) is 0 Å². The van der Waals surface area contributed by atoms with Gasteiger partial charge in [-0.1, -0.05) is 0 Å². The van der Waals surface area contributed by atoms with Crippen molar-refractivity contribution in [3.63, 3.8) is 0 Å². The summed E-state index contributed by atoms with van der Waals surface area (Å²) in [5.74, 6) is -0.487. The monoisotopic (exact) mass is 350 g/mol. The average Bonchev–Trinajstić information content (AvgIpc) is 2.61. The minimum atomic E-state index is -0.254. The molecule has 0 aliphatic rings. The Kier molecular flexibility index (Phi) is 8.38. The standard InChI is InChI=1S/C16H18N4O3.ClH/c21-10-9-20(16(23)14-4-2-6-18-12-14)8-7-19-15(22)13-3-1-5-17-11-13;/h1-6,11-12,21H,7-10H2,(H,19,22);1H. The fraction of sp³-hybridized carbons (Fsp3) is 0.250. The molecule has 2 amide bonds. The highest BCUT2D eigenvalue weighted by atomic mass is 35.5. The number of hydrogen-bond donors (Lipinski definition) is 2. The molecule has 2 aromatic heterocycles. The molecule has 128 valence electrons. The van der Waals surface area contributed by atoms with Crippen molar-refractivity contribution in [1.29, 1.82) is 0 Å². The molecule has 0 aliphatic carbocycles. The molecular weight excluding hydrogens is 332 g/mol. The van der Waals surface area contributed by atoms with E-state index in [4.69, 9.17) is 5.11 Å². The summed E-state index contributed by atoms with van der Waals surface area (Å²) in [5.41, 5.74) is 0.902. The third-order valence-corrected chi connectivity index (χ3v) is 3.16. The van der Waals surface area contributed by atoms with E-state index in [9.17, 15) is 9.59 Å². The van der Waals surface area contributed by atoms with Gasteiger partial charge in [-0.15, -0.1) is 12.4 Å². The lowest BCUT2D eigenvalue weighted by Gasteiger charge is -2.21. The minimum absolute atomic E-state index is 0. The van der Waals surface area contributed by atoms with E-state index in [0.29, 0.717) is 17.7 Å². The molecule has 0 radical (unpaired) electrons. The Hall–Kier alpha value is -2.51. The average molecular weight is 351 g/mol. The zero-order valence-corrected chi connectivity index (χ0v) is 13.8. The maximum Gasteiger partial charge on any atom is 0.255 e. The van der Waals surface area contributed by atoms with E-state index in [0.717, 1.165) is 0 Å². The second-order valence-electron chi connectivity index (χ2n) is 4.76. The van der Waals surface area contributed by atoms with Crippen LogP contribution in [0.2, 0.25) is 0 Å². The third-order valence-electron chi connectivity index (χ3n) is 3.16. The lowest BCUT2D eigenvalue weighted by Crippen LogP contribution is -2.40. The molecule has 2 aromatic rings. The van der Waals surface area contributed by atoms with E-state index in [1.54, 1.807) is 36.7 Å². The molecule has 24 heavy (non-hydrogen) atoms. The van der Waals surface area contributed by atoms with Crippen LogP contribution in [-0.4, -0.2) is 58.0 Å². The number of nitrogens with one attached hydrogen (secondary N) is 1. The molecule has 0 fully saturated rings. The number of nitrogens with zero attached hydrogens (tertiary/aromatic N) is 3. The summed E-state index contributed by atoms with van der Waals surface area (Å²) in [7, 11) is 0. The lowest BCUT2D eigenvalue weighted by atomic mass is 10.2. The van der Waals surface area contributed by atoms with Crippen LogP contribution in [0.15, 0.2) is 49.1 Å². The first-order chi connectivity index (χ1) is 11.2. The second-order valence-corrected chi connectivity index (χ2v) is 4.76. The Morgan fingerprint density at radius 3 is 2.21 bits per heavy atom. The number of rotatable bonds is 7. The highest BCUT2D eigenvalue weighted by Gasteiger charge is 2.15. The molecule has 0 saturated carbocycles. The molecule has 2 rings (SSSR count). The molecule has 2 heterocycles. The molecule has 8 heteroatoms. The van der Waals surface area contributed by atoms with Gasteiger partial charge in [0.25, 0.3) is 11.8 Å². The fourth-order valence-electron chi connectivity index (χ4n) is 2.01. The van der Waals surface area contributed by atoms with E-state index in [1.165, 1.54) is 17.3 Å². The van der Waals surface area contributed by atoms with Crippen LogP contribution in [0.5, 0.6) is 0 Å². The van der Waals surface area contributed by atoms with Gasteiger partial charge >= 0.3 is 0 Å². The van der Waals surface area contributed by atoms with Crippen LogP contribution in [0.25, 0.3) is 0 Å². The molecule has 2 N–H and O–H groups in total. The number of aliphatic hydroxyl groups is 1. The Balaban J connectivity index is 0.00000288. The predicted octanol–water partition coefficient (Wildman–Crippen LogP) is 0.763. The minimum Gasteiger partial charge on any atom is -0.395 e. The molecule has 0 bridgehead atoms. The lowest BCUT2D eigenvalue weighted by molar-refractivity contribution is 0.0716. The Bertz CT molecular complexity index is 640. The van der Waals surface area contributed by atoms with Gasteiger partial charge in [-0.05, 0) is 24.3 Å². The molecule has 7 nitrogen and oxygen atoms in total. The first-order valence-corrected chi connectivity index (χ1v) is 7.20. The maximum atomic E-state index is 12.3. The Labute approximate surface area is 146 Å². The summed E-state index contributed by atoms with van der Waals surface area (Å²) in [4.78, 5) is 33.5. The van der Waals surface area contributed by atoms with Gasteiger partial charge in [0.05, 0.1) is 17.7 Å². The molecular formula is C16H19ClN4O3. The number of hydrogen-bond acceptors (Lipinski definition) is 5. The number of amides is 2. The number of carbonyl (C=O) groups excluding carboxylic acids is 2. The molecule has 0 unspecified atom stereocenters. The summed E-state index contributed by atoms with van der Waals surface area (Å²) < 4.78 is 0. The fourth-order valence-corrected chi connectivity index (χ4v) is 2.01. The Morgan fingerprint density at radius 1 is 1.04 bits per heavy atom. The summed E-state index contributed by atoms with van der Waals surface area (Å²) in [6.07, 6.45) is 6.12. The topological polar surface area (TPSA) is 95.4 Å². The molecule has 0 aromatic carbocycles. The van der Waals surface area contributed by atoms with Crippen molar-refractivity contribution < 1.29 is 14.7 Å². The SMILES string of the molecule is Cl.O=C(NCCN(CCO)C(=O)c1cccnc1)c1cccnc1. The van der Waals surface area contributed by atoms with E-state index >= 15 is 0 Å². The van der Waals surface area contributed by atoms with Gasteiger partial charge in [0, 0.05) is 44.4 Å².